The summed E-state index contributed by atoms with van der Waals surface area (Å²) >= 11 is 0. The van der Waals surface area contributed by atoms with Crippen molar-refractivity contribution in [2.45, 2.75) is 20.8 Å². The lowest BCUT2D eigenvalue weighted by atomic mass is 9.94. The van der Waals surface area contributed by atoms with Gasteiger partial charge in [0, 0.05) is 37.7 Å². The highest BCUT2D eigenvalue weighted by Crippen LogP contribution is 2.32. The molecule has 1 amide bonds. The highest BCUT2D eigenvalue weighted by atomic mass is 16.6. The van der Waals surface area contributed by atoms with Crippen LogP contribution in [-0.4, -0.2) is 46.8 Å². The normalized spacial score (nSPS) is 15.3. The van der Waals surface area contributed by atoms with Crippen LogP contribution in [-0.2, 0) is 4.79 Å². The summed E-state index contributed by atoms with van der Waals surface area (Å²) in [5.41, 5.74) is -0.734. The molecule has 2 rings (SSSR count). The Morgan fingerprint density at radius 3 is 2.08 bits per heavy atom. The molecule has 0 unspecified atom stereocenters. The SMILES string of the molecule is CC(C)(C)C(=O)N1CCN(c2ccc([N+](=O)[O-])cc2[N+](=O)[O-])CC1. The van der Waals surface area contributed by atoms with Crippen LogP contribution in [0.3, 0.4) is 0 Å². The smallest absolute Gasteiger partial charge is 0.299 e. The highest BCUT2D eigenvalue weighted by Gasteiger charge is 2.31. The molecule has 0 radical (unpaired) electrons. The molecule has 1 aliphatic rings. The lowest BCUT2D eigenvalue weighted by Crippen LogP contribution is -2.51. The van der Waals surface area contributed by atoms with E-state index < -0.39 is 15.3 Å². The summed E-state index contributed by atoms with van der Waals surface area (Å²) in [6.07, 6.45) is 0. The van der Waals surface area contributed by atoms with E-state index in [1.165, 1.54) is 12.1 Å². The van der Waals surface area contributed by atoms with E-state index in [0.717, 1.165) is 6.07 Å². The van der Waals surface area contributed by atoms with Gasteiger partial charge in [-0.1, -0.05) is 20.8 Å². The van der Waals surface area contributed by atoms with Gasteiger partial charge in [-0.15, -0.1) is 0 Å². The first-order valence-electron chi connectivity index (χ1n) is 7.58. The summed E-state index contributed by atoms with van der Waals surface area (Å²) < 4.78 is 0. The first kappa shape index (κ1) is 17.6. The van der Waals surface area contributed by atoms with Gasteiger partial charge in [-0.05, 0) is 6.07 Å². The average molecular weight is 336 g/mol. The van der Waals surface area contributed by atoms with Crippen LogP contribution >= 0.6 is 0 Å². The van der Waals surface area contributed by atoms with Gasteiger partial charge in [-0.3, -0.25) is 25.0 Å². The number of amides is 1. The molecular weight excluding hydrogens is 316 g/mol. The molecule has 9 nitrogen and oxygen atoms in total. The zero-order valence-electron chi connectivity index (χ0n) is 13.9. The van der Waals surface area contributed by atoms with Crippen LogP contribution in [0.4, 0.5) is 17.1 Å². The minimum atomic E-state index is -0.656. The maximum absolute atomic E-state index is 12.3. The van der Waals surface area contributed by atoms with Gasteiger partial charge in [-0.25, -0.2) is 0 Å². The van der Waals surface area contributed by atoms with E-state index >= 15 is 0 Å². The number of non-ortho nitro benzene ring substituents is 1. The zero-order valence-corrected chi connectivity index (χ0v) is 13.9. The van der Waals surface area contributed by atoms with Crippen LogP contribution in [0, 0.1) is 25.6 Å². The van der Waals surface area contributed by atoms with Gasteiger partial charge in [0.15, 0.2) is 0 Å². The molecular formula is C15H20N4O5. The lowest BCUT2D eigenvalue weighted by Gasteiger charge is -2.38. The van der Waals surface area contributed by atoms with E-state index in [0.29, 0.717) is 31.9 Å². The van der Waals surface area contributed by atoms with Crippen LogP contribution in [0.1, 0.15) is 20.8 Å². The Morgan fingerprint density at radius 1 is 1.04 bits per heavy atom. The van der Waals surface area contributed by atoms with E-state index in [2.05, 4.69) is 0 Å². The van der Waals surface area contributed by atoms with Crippen molar-refractivity contribution in [1.29, 1.82) is 0 Å². The molecule has 130 valence electrons. The second-order valence-electron chi connectivity index (χ2n) is 6.72. The molecule has 0 aromatic heterocycles. The third-order valence-corrected chi connectivity index (χ3v) is 3.92. The predicted molar refractivity (Wildman–Crippen MR) is 88.0 cm³/mol. The molecule has 1 fully saturated rings. The van der Waals surface area contributed by atoms with Gasteiger partial charge in [-0.2, -0.15) is 0 Å². The Morgan fingerprint density at radius 2 is 1.62 bits per heavy atom. The minimum absolute atomic E-state index is 0.0420. The molecule has 0 saturated carbocycles. The molecule has 1 saturated heterocycles. The van der Waals surface area contributed by atoms with Gasteiger partial charge < -0.3 is 9.80 Å². The number of nitro benzene ring substituents is 2. The van der Waals surface area contributed by atoms with Crippen LogP contribution in [0.25, 0.3) is 0 Å². The molecule has 0 aliphatic carbocycles. The summed E-state index contributed by atoms with van der Waals surface area (Å²) in [6, 6.07) is 3.63. The first-order valence-corrected chi connectivity index (χ1v) is 7.58. The summed E-state index contributed by atoms with van der Waals surface area (Å²) in [6.45, 7) is 7.37. The minimum Gasteiger partial charge on any atom is -0.362 e. The van der Waals surface area contributed by atoms with Crippen molar-refractivity contribution in [1.82, 2.24) is 4.90 Å². The summed E-state index contributed by atoms with van der Waals surface area (Å²) in [5.74, 6) is 0.0420. The largest absolute Gasteiger partial charge is 0.362 e. The third kappa shape index (κ3) is 3.61. The number of hydrogen-bond donors (Lipinski definition) is 0. The second-order valence-corrected chi connectivity index (χ2v) is 6.72. The number of nitro groups is 2. The third-order valence-electron chi connectivity index (χ3n) is 3.92. The monoisotopic (exact) mass is 336 g/mol. The van der Waals surface area contributed by atoms with Gasteiger partial charge in [0.25, 0.3) is 11.4 Å². The first-order chi connectivity index (χ1) is 11.1. The van der Waals surface area contributed by atoms with Crippen molar-refractivity contribution < 1.29 is 14.6 Å². The Labute approximate surface area is 139 Å². The molecule has 0 atom stereocenters. The maximum atomic E-state index is 12.3. The van der Waals surface area contributed by atoms with Gasteiger partial charge in [0.2, 0.25) is 5.91 Å². The number of benzene rings is 1. The average Bonchev–Trinajstić information content (AvgIpc) is 2.52. The number of carbonyl (C=O) groups excluding carboxylic acids is 1. The summed E-state index contributed by atoms with van der Waals surface area (Å²) in [7, 11) is 0. The summed E-state index contributed by atoms with van der Waals surface area (Å²) in [4.78, 5) is 36.6. The molecule has 24 heavy (non-hydrogen) atoms. The molecule has 9 heteroatoms. The fraction of sp³-hybridized carbons (Fsp3) is 0.533. The lowest BCUT2D eigenvalue weighted by molar-refractivity contribution is -0.393. The molecule has 1 aromatic carbocycles. The number of anilines is 1. The zero-order chi connectivity index (χ0) is 18.1. The molecule has 0 bridgehead atoms. The number of piperazine rings is 1. The fourth-order valence-electron chi connectivity index (χ4n) is 2.66. The number of hydrogen-bond acceptors (Lipinski definition) is 6. The Balaban J connectivity index is 2.18. The van der Waals surface area contributed by atoms with Crippen LogP contribution < -0.4 is 4.90 Å². The van der Waals surface area contributed by atoms with E-state index in [1.807, 2.05) is 20.8 Å². The van der Waals surface area contributed by atoms with Crippen molar-refractivity contribution in [2.24, 2.45) is 5.41 Å². The Bertz CT molecular complexity index is 675. The molecule has 0 spiro atoms. The molecule has 1 heterocycles. The Hall–Kier alpha value is -2.71. The molecule has 1 aromatic rings. The van der Waals surface area contributed by atoms with Crippen LogP contribution in [0.5, 0.6) is 0 Å². The van der Waals surface area contributed by atoms with E-state index in [1.54, 1.807) is 9.80 Å². The summed E-state index contributed by atoms with van der Waals surface area (Å²) in [5, 5.41) is 22.0. The van der Waals surface area contributed by atoms with E-state index in [4.69, 9.17) is 0 Å². The molecule has 0 N–H and O–H groups in total. The van der Waals surface area contributed by atoms with Crippen molar-refractivity contribution in [3.8, 4) is 0 Å². The fourth-order valence-corrected chi connectivity index (χ4v) is 2.66. The second kappa shape index (κ2) is 6.42. The number of carbonyl (C=O) groups is 1. The highest BCUT2D eigenvalue weighted by molar-refractivity contribution is 5.82. The van der Waals surface area contributed by atoms with Crippen molar-refractivity contribution in [3.05, 3.63) is 38.4 Å². The maximum Gasteiger partial charge on any atom is 0.299 e. The van der Waals surface area contributed by atoms with Crippen LogP contribution in [0.2, 0.25) is 0 Å². The Kier molecular flexibility index (Phi) is 4.72. The van der Waals surface area contributed by atoms with Crippen molar-refractivity contribution in [3.63, 3.8) is 0 Å². The van der Waals surface area contributed by atoms with Crippen molar-refractivity contribution in [2.75, 3.05) is 31.1 Å². The molecule has 1 aliphatic heterocycles. The van der Waals surface area contributed by atoms with E-state index in [9.17, 15) is 25.0 Å². The van der Waals surface area contributed by atoms with E-state index in [-0.39, 0.29) is 17.3 Å². The van der Waals surface area contributed by atoms with Gasteiger partial charge >= 0.3 is 0 Å². The standard InChI is InChI=1S/C15H20N4O5/c1-15(2,3)14(20)17-8-6-16(7-9-17)12-5-4-11(18(21)22)10-13(12)19(23)24/h4-5,10H,6-9H2,1-3H3. The van der Waals surface area contributed by atoms with Crippen molar-refractivity contribution >= 4 is 23.0 Å². The predicted octanol–water partition coefficient (Wildman–Crippen LogP) is 2.20. The number of rotatable bonds is 3. The number of nitrogens with zero attached hydrogens (tertiary/aromatic N) is 4. The quantitative estimate of drug-likeness (QED) is 0.618. The van der Waals surface area contributed by atoms with Gasteiger partial charge in [0.1, 0.15) is 5.69 Å². The van der Waals surface area contributed by atoms with Crippen LogP contribution in [0.15, 0.2) is 18.2 Å². The van der Waals surface area contributed by atoms with Gasteiger partial charge in [0.05, 0.1) is 15.9 Å². The topological polar surface area (TPSA) is 110 Å².